The molecule has 9 heteroatoms. The molecule has 1 saturated heterocycles. The molecule has 2 amide bonds. The summed E-state index contributed by atoms with van der Waals surface area (Å²) in [4.78, 5) is 28.5. The molecule has 1 fully saturated rings. The van der Waals surface area contributed by atoms with Gasteiger partial charge in [0, 0.05) is 20.0 Å². The van der Waals surface area contributed by atoms with Crippen LogP contribution in [0.1, 0.15) is 34.1 Å². The molecule has 2 aromatic rings. The molecular formula is C24H29N3O5S. The number of rotatable bonds is 3. The summed E-state index contributed by atoms with van der Waals surface area (Å²) >= 11 is 0. The van der Waals surface area contributed by atoms with E-state index in [4.69, 9.17) is 4.74 Å². The third kappa shape index (κ3) is 4.42. The van der Waals surface area contributed by atoms with Gasteiger partial charge in [0.2, 0.25) is 15.9 Å². The molecule has 0 saturated carbocycles. The van der Waals surface area contributed by atoms with Gasteiger partial charge in [-0.3, -0.25) is 14.0 Å². The van der Waals surface area contributed by atoms with Crippen molar-refractivity contribution >= 4 is 39.1 Å². The number of anilines is 3. The number of carbonyl (C=O) groups is 2. The number of hydrogen-bond donors (Lipinski definition) is 0. The van der Waals surface area contributed by atoms with Crippen LogP contribution in [0.4, 0.5) is 21.9 Å². The summed E-state index contributed by atoms with van der Waals surface area (Å²) in [5.74, 6) is 0.0526. The lowest BCUT2D eigenvalue weighted by Gasteiger charge is -2.40. The molecule has 0 spiro atoms. The molecule has 2 aromatic carbocycles. The van der Waals surface area contributed by atoms with E-state index >= 15 is 0 Å². The number of amides is 2. The first kappa shape index (κ1) is 23.1. The van der Waals surface area contributed by atoms with Gasteiger partial charge in [0.05, 0.1) is 35.0 Å². The monoisotopic (exact) mass is 471 g/mol. The Balaban J connectivity index is 1.78. The second kappa shape index (κ2) is 8.70. The average molecular weight is 472 g/mol. The van der Waals surface area contributed by atoms with E-state index < -0.39 is 16.1 Å². The maximum absolute atomic E-state index is 12.9. The molecule has 2 aliphatic heterocycles. The Morgan fingerprint density at radius 3 is 2.42 bits per heavy atom. The molecule has 0 bridgehead atoms. The minimum atomic E-state index is -3.29. The molecule has 2 aliphatic rings. The average Bonchev–Trinajstić information content (AvgIpc) is 3.11. The number of carbonyl (C=O) groups excluding carboxylic acids is 2. The van der Waals surface area contributed by atoms with E-state index in [9.17, 15) is 18.0 Å². The first-order valence-electron chi connectivity index (χ1n) is 11.1. The highest BCUT2D eigenvalue weighted by atomic mass is 32.2. The standard InChI is InChI=1S/C24H29N3O5S/c1-16(2)32-24(29)25-15-17(3)27(18(4)28)22-10-9-20(14-23(22)25)19-7-5-8-21(13-19)26-11-6-12-33(26,30)31/h5,7-10,13-14,16-17H,6,11-12,15H2,1-4H3/t17-/m0/s1. The van der Waals surface area contributed by atoms with E-state index in [1.807, 2.05) is 43.3 Å². The molecule has 0 aromatic heterocycles. The van der Waals surface area contributed by atoms with Gasteiger partial charge in [0.15, 0.2) is 0 Å². The number of nitrogens with zero attached hydrogens (tertiary/aromatic N) is 3. The Hall–Kier alpha value is -3.07. The van der Waals surface area contributed by atoms with Gasteiger partial charge in [0.25, 0.3) is 0 Å². The Morgan fingerprint density at radius 2 is 1.79 bits per heavy atom. The van der Waals surface area contributed by atoms with Gasteiger partial charge in [0.1, 0.15) is 0 Å². The van der Waals surface area contributed by atoms with Gasteiger partial charge >= 0.3 is 6.09 Å². The van der Waals surface area contributed by atoms with Gasteiger partial charge in [-0.1, -0.05) is 18.2 Å². The van der Waals surface area contributed by atoms with Crippen LogP contribution in [0.5, 0.6) is 0 Å². The summed E-state index contributed by atoms with van der Waals surface area (Å²) in [6.07, 6.45) is -0.128. The Kier molecular flexibility index (Phi) is 6.09. The third-order valence-electron chi connectivity index (χ3n) is 5.88. The van der Waals surface area contributed by atoms with Crippen LogP contribution in [-0.2, 0) is 19.6 Å². The van der Waals surface area contributed by atoms with Crippen LogP contribution in [0.2, 0.25) is 0 Å². The molecule has 4 rings (SSSR count). The fourth-order valence-electron chi connectivity index (χ4n) is 4.49. The SMILES string of the molecule is CC(=O)N1c2ccc(-c3cccc(N4CCCS4(=O)=O)c3)cc2N(C(=O)OC(C)C)C[C@@H]1C. The minimum Gasteiger partial charge on any atom is -0.446 e. The molecule has 0 aliphatic carbocycles. The first-order chi connectivity index (χ1) is 15.6. The molecule has 33 heavy (non-hydrogen) atoms. The fraction of sp³-hybridized carbons (Fsp3) is 0.417. The van der Waals surface area contributed by atoms with E-state index in [0.717, 1.165) is 11.1 Å². The predicted molar refractivity (Wildman–Crippen MR) is 129 cm³/mol. The maximum Gasteiger partial charge on any atom is 0.414 e. The predicted octanol–water partition coefficient (Wildman–Crippen LogP) is 4.00. The summed E-state index contributed by atoms with van der Waals surface area (Å²) in [5.41, 5.74) is 3.49. The van der Waals surface area contributed by atoms with Crippen molar-refractivity contribution in [2.24, 2.45) is 0 Å². The lowest BCUT2D eigenvalue weighted by Crippen LogP contribution is -2.51. The third-order valence-corrected chi connectivity index (χ3v) is 7.75. The molecule has 8 nitrogen and oxygen atoms in total. The van der Waals surface area contributed by atoms with Gasteiger partial charge in [-0.25, -0.2) is 13.2 Å². The van der Waals surface area contributed by atoms with Crippen molar-refractivity contribution in [3.63, 3.8) is 0 Å². The molecule has 2 heterocycles. The molecule has 0 radical (unpaired) electrons. The van der Waals surface area contributed by atoms with Gasteiger partial charge in [-0.05, 0) is 62.6 Å². The number of ether oxygens (including phenoxy) is 1. The summed E-state index contributed by atoms with van der Waals surface area (Å²) in [7, 11) is -3.29. The number of fused-ring (bicyclic) bond motifs is 1. The highest BCUT2D eigenvalue weighted by molar-refractivity contribution is 7.93. The minimum absolute atomic E-state index is 0.102. The Bertz CT molecular complexity index is 1190. The number of sulfonamides is 1. The van der Waals surface area contributed by atoms with Crippen molar-refractivity contribution in [2.45, 2.75) is 46.3 Å². The van der Waals surface area contributed by atoms with Crippen molar-refractivity contribution in [1.29, 1.82) is 0 Å². The van der Waals surface area contributed by atoms with Crippen LogP contribution in [0.15, 0.2) is 42.5 Å². The zero-order chi connectivity index (χ0) is 23.9. The molecular weight excluding hydrogens is 442 g/mol. The summed E-state index contributed by atoms with van der Waals surface area (Å²) < 4.78 is 31.6. The molecule has 0 N–H and O–H groups in total. The summed E-state index contributed by atoms with van der Waals surface area (Å²) in [6, 6.07) is 12.7. The Morgan fingerprint density at radius 1 is 1.06 bits per heavy atom. The molecule has 1 atom stereocenters. The molecule has 176 valence electrons. The second-order valence-corrected chi connectivity index (χ2v) is 10.8. The number of hydrogen-bond acceptors (Lipinski definition) is 5. The van der Waals surface area contributed by atoms with E-state index in [1.54, 1.807) is 29.7 Å². The van der Waals surface area contributed by atoms with E-state index in [-0.39, 0.29) is 23.8 Å². The molecule has 0 unspecified atom stereocenters. The quantitative estimate of drug-likeness (QED) is 0.675. The van der Waals surface area contributed by atoms with Crippen molar-refractivity contribution < 1.29 is 22.7 Å². The second-order valence-electron chi connectivity index (χ2n) is 8.78. The normalized spacial score (nSPS) is 19.5. The highest BCUT2D eigenvalue weighted by Crippen LogP contribution is 2.40. The van der Waals surface area contributed by atoms with E-state index in [0.29, 0.717) is 36.6 Å². The van der Waals surface area contributed by atoms with Crippen molar-refractivity contribution in [3.05, 3.63) is 42.5 Å². The maximum atomic E-state index is 12.9. The van der Waals surface area contributed by atoms with Crippen LogP contribution in [0.3, 0.4) is 0 Å². The van der Waals surface area contributed by atoms with Crippen LogP contribution in [-0.4, -0.2) is 51.4 Å². The Labute approximate surface area is 194 Å². The lowest BCUT2D eigenvalue weighted by atomic mass is 10.0. The summed E-state index contributed by atoms with van der Waals surface area (Å²) in [5, 5.41) is 0. The van der Waals surface area contributed by atoms with E-state index in [1.165, 1.54) is 11.2 Å². The number of benzene rings is 2. The largest absolute Gasteiger partial charge is 0.446 e. The fourth-order valence-corrected chi connectivity index (χ4v) is 6.05. The first-order valence-corrected chi connectivity index (χ1v) is 12.7. The summed E-state index contributed by atoms with van der Waals surface area (Å²) in [6.45, 7) is 7.78. The smallest absolute Gasteiger partial charge is 0.414 e. The van der Waals surface area contributed by atoms with Crippen LogP contribution in [0, 0.1) is 0 Å². The van der Waals surface area contributed by atoms with E-state index in [2.05, 4.69) is 0 Å². The van der Waals surface area contributed by atoms with Crippen molar-refractivity contribution in [1.82, 2.24) is 0 Å². The van der Waals surface area contributed by atoms with Crippen LogP contribution >= 0.6 is 0 Å². The van der Waals surface area contributed by atoms with Crippen molar-refractivity contribution in [3.8, 4) is 11.1 Å². The lowest BCUT2D eigenvalue weighted by molar-refractivity contribution is -0.117. The van der Waals surface area contributed by atoms with Crippen LogP contribution < -0.4 is 14.1 Å². The van der Waals surface area contributed by atoms with Crippen LogP contribution in [0.25, 0.3) is 11.1 Å². The zero-order valence-electron chi connectivity index (χ0n) is 19.3. The zero-order valence-corrected chi connectivity index (χ0v) is 20.1. The topological polar surface area (TPSA) is 87.2 Å². The van der Waals surface area contributed by atoms with Crippen molar-refractivity contribution in [2.75, 3.05) is 32.9 Å². The highest BCUT2D eigenvalue weighted by Gasteiger charge is 2.35. The van der Waals surface area contributed by atoms with Gasteiger partial charge < -0.3 is 9.64 Å². The van der Waals surface area contributed by atoms with Gasteiger partial charge in [-0.2, -0.15) is 0 Å². The van der Waals surface area contributed by atoms with Gasteiger partial charge in [-0.15, -0.1) is 0 Å².